The Bertz CT molecular complexity index is 320. The van der Waals surface area contributed by atoms with E-state index in [0.29, 0.717) is 6.04 Å². The van der Waals surface area contributed by atoms with Crippen molar-refractivity contribution >= 4 is 5.82 Å². The van der Waals surface area contributed by atoms with Gasteiger partial charge in [-0.2, -0.15) is 5.10 Å². The first-order valence-corrected chi connectivity index (χ1v) is 6.36. The van der Waals surface area contributed by atoms with Crippen LogP contribution >= 0.6 is 0 Å². The van der Waals surface area contributed by atoms with Crippen LogP contribution < -0.4 is 5.32 Å². The van der Waals surface area contributed by atoms with Crippen LogP contribution in [0.3, 0.4) is 0 Å². The summed E-state index contributed by atoms with van der Waals surface area (Å²) in [5.74, 6) is 1.73. The van der Waals surface area contributed by atoms with Crippen LogP contribution in [-0.2, 0) is 0 Å². The van der Waals surface area contributed by atoms with Gasteiger partial charge in [-0.15, -0.1) is 5.10 Å². The zero-order valence-corrected chi connectivity index (χ0v) is 10.2. The Morgan fingerprint density at radius 1 is 1.25 bits per heavy atom. The fraction of sp³-hybridized carbons (Fsp3) is 0.692. The molecule has 1 heterocycles. The van der Waals surface area contributed by atoms with E-state index in [1.165, 1.54) is 32.1 Å². The van der Waals surface area contributed by atoms with Crippen molar-refractivity contribution in [1.82, 2.24) is 10.2 Å². The number of aromatic nitrogens is 2. The van der Waals surface area contributed by atoms with E-state index in [2.05, 4.69) is 22.4 Å². The summed E-state index contributed by atoms with van der Waals surface area (Å²) in [4.78, 5) is 0. The van der Waals surface area contributed by atoms with E-state index in [-0.39, 0.29) is 0 Å². The van der Waals surface area contributed by atoms with Gasteiger partial charge in [-0.3, -0.25) is 0 Å². The summed E-state index contributed by atoms with van der Waals surface area (Å²) >= 11 is 0. The highest BCUT2D eigenvalue weighted by Gasteiger charge is 2.23. The molecule has 0 aliphatic heterocycles. The summed E-state index contributed by atoms with van der Waals surface area (Å²) in [6.45, 7) is 4.25. The fourth-order valence-corrected chi connectivity index (χ4v) is 2.55. The number of hydrogen-bond acceptors (Lipinski definition) is 3. The SMILES string of the molecule is CCC1CCCCC1Nc1ccc(C)nn1. The average molecular weight is 219 g/mol. The lowest BCUT2D eigenvalue weighted by molar-refractivity contribution is 0.316. The third-order valence-electron chi connectivity index (χ3n) is 3.56. The van der Waals surface area contributed by atoms with Crippen LogP contribution in [0.4, 0.5) is 5.82 Å². The summed E-state index contributed by atoms with van der Waals surface area (Å²) in [6, 6.07) is 4.64. The molecular weight excluding hydrogens is 198 g/mol. The molecule has 2 atom stereocenters. The van der Waals surface area contributed by atoms with Crippen molar-refractivity contribution in [1.29, 1.82) is 0 Å². The number of nitrogens with one attached hydrogen (secondary N) is 1. The van der Waals surface area contributed by atoms with Crippen molar-refractivity contribution in [3.05, 3.63) is 17.8 Å². The second-order valence-electron chi connectivity index (χ2n) is 4.76. The molecule has 2 rings (SSSR count). The Morgan fingerprint density at radius 3 is 2.75 bits per heavy atom. The van der Waals surface area contributed by atoms with Gasteiger partial charge in [0.25, 0.3) is 0 Å². The summed E-state index contributed by atoms with van der Waals surface area (Å²) < 4.78 is 0. The lowest BCUT2D eigenvalue weighted by Crippen LogP contribution is -2.32. The van der Waals surface area contributed by atoms with Crippen LogP contribution in [-0.4, -0.2) is 16.2 Å². The molecule has 0 spiro atoms. The lowest BCUT2D eigenvalue weighted by Gasteiger charge is -2.31. The highest BCUT2D eigenvalue weighted by molar-refractivity contribution is 5.34. The second kappa shape index (κ2) is 5.28. The van der Waals surface area contributed by atoms with Crippen LogP contribution in [0.2, 0.25) is 0 Å². The molecule has 0 bridgehead atoms. The minimum absolute atomic E-state index is 0.593. The quantitative estimate of drug-likeness (QED) is 0.848. The third-order valence-corrected chi connectivity index (χ3v) is 3.56. The Morgan fingerprint density at radius 2 is 2.06 bits per heavy atom. The highest BCUT2D eigenvalue weighted by Crippen LogP contribution is 2.28. The minimum Gasteiger partial charge on any atom is -0.366 e. The predicted molar refractivity (Wildman–Crippen MR) is 66.4 cm³/mol. The van der Waals surface area contributed by atoms with E-state index < -0.39 is 0 Å². The van der Waals surface area contributed by atoms with E-state index in [1.807, 2.05) is 19.1 Å². The number of aryl methyl sites for hydroxylation is 1. The maximum Gasteiger partial charge on any atom is 0.148 e. The molecule has 1 aliphatic rings. The van der Waals surface area contributed by atoms with Crippen molar-refractivity contribution in [3.63, 3.8) is 0 Å². The minimum atomic E-state index is 0.593. The Kier molecular flexibility index (Phi) is 3.75. The van der Waals surface area contributed by atoms with Gasteiger partial charge in [0.15, 0.2) is 0 Å². The summed E-state index contributed by atoms with van der Waals surface area (Å²) in [5.41, 5.74) is 0.973. The lowest BCUT2D eigenvalue weighted by atomic mass is 9.83. The molecule has 16 heavy (non-hydrogen) atoms. The molecule has 0 radical (unpaired) electrons. The van der Waals surface area contributed by atoms with E-state index >= 15 is 0 Å². The largest absolute Gasteiger partial charge is 0.366 e. The monoisotopic (exact) mass is 219 g/mol. The first-order valence-electron chi connectivity index (χ1n) is 6.36. The summed E-state index contributed by atoms with van der Waals surface area (Å²) in [6.07, 6.45) is 6.61. The molecule has 1 aliphatic carbocycles. The molecule has 3 heteroatoms. The molecule has 1 fully saturated rings. The number of nitrogens with zero attached hydrogens (tertiary/aromatic N) is 2. The third kappa shape index (κ3) is 2.71. The van der Waals surface area contributed by atoms with Gasteiger partial charge in [-0.1, -0.05) is 26.2 Å². The zero-order chi connectivity index (χ0) is 11.4. The van der Waals surface area contributed by atoms with Gasteiger partial charge >= 0.3 is 0 Å². The molecular formula is C13H21N3. The van der Waals surface area contributed by atoms with Crippen LogP contribution in [0.5, 0.6) is 0 Å². The van der Waals surface area contributed by atoms with Crippen molar-refractivity contribution in [2.45, 2.75) is 52.0 Å². The smallest absolute Gasteiger partial charge is 0.148 e. The van der Waals surface area contributed by atoms with Crippen molar-refractivity contribution < 1.29 is 0 Å². The Labute approximate surface area is 97.7 Å². The average Bonchev–Trinajstić information content (AvgIpc) is 2.33. The molecule has 1 saturated carbocycles. The van der Waals surface area contributed by atoms with Crippen molar-refractivity contribution in [3.8, 4) is 0 Å². The first-order chi connectivity index (χ1) is 7.79. The second-order valence-corrected chi connectivity index (χ2v) is 4.76. The Balaban J connectivity index is 1.99. The van der Waals surface area contributed by atoms with Gasteiger partial charge < -0.3 is 5.32 Å². The van der Waals surface area contributed by atoms with E-state index in [1.54, 1.807) is 0 Å². The maximum atomic E-state index is 4.18. The van der Waals surface area contributed by atoms with E-state index in [4.69, 9.17) is 0 Å². The standard InChI is InChI=1S/C13H21N3/c1-3-11-6-4-5-7-12(11)14-13-9-8-10(2)15-16-13/h8-9,11-12H,3-7H2,1-2H3,(H,14,16). The molecule has 0 saturated heterocycles. The van der Waals surface area contributed by atoms with Crippen LogP contribution in [0, 0.1) is 12.8 Å². The number of hydrogen-bond donors (Lipinski definition) is 1. The first kappa shape index (κ1) is 11.4. The van der Waals surface area contributed by atoms with Gasteiger partial charge in [0.2, 0.25) is 0 Å². The van der Waals surface area contributed by atoms with Gasteiger partial charge in [0.1, 0.15) is 5.82 Å². The van der Waals surface area contributed by atoms with Crippen LogP contribution in [0.1, 0.15) is 44.7 Å². The number of rotatable bonds is 3. The molecule has 0 amide bonds. The summed E-state index contributed by atoms with van der Waals surface area (Å²) in [5, 5.41) is 11.8. The van der Waals surface area contributed by atoms with Gasteiger partial charge in [0.05, 0.1) is 5.69 Å². The van der Waals surface area contributed by atoms with E-state index in [0.717, 1.165) is 17.4 Å². The molecule has 1 N–H and O–H groups in total. The van der Waals surface area contributed by atoms with Gasteiger partial charge in [-0.05, 0) is 37.8 Å². The van der Waals surface area contributed by atoms with Crippen molar-refractivity contribution in [2.75, 3.05) is 5.32 Å². The fourth-order valence-electron chi connectivity index (χ4n) is 2.55. The Hall–Kier alpha value is -1.12. The maximum absolute atomic E-state index is 4.18. The topological polar surface area (TPSA) is 37.8 Å². The van der Waals surface area contributed by atoms with Crippen LogP contribution in [0.25, 0.3) is 0 Å². The van der Waals surface area contributed by atoms with Gasteiger partial charge in [0, 0.05) is 6.04 Å². The van der Waals surface area contributed by atoms with E-state index in [9.17, 15) is 0 Å². The summed E-state index contributed by atoms with van der Waals surface area (Å²) in [7, 11) is 0. The molecule has 1 aromatic rings. The number of anilines is 1. The zero-order valence-electron chi connectivity index (χ0n) is 10.2. The van der Waals surface area contributed by atoms with Crippen molar-refractivity contribution in [2.24, 2.45) is 5.92 Å². The van der Waals surface area contributed by atoms with Gasteiger partial charge in [-0.25, -0.2) is 0 Å². The molecule has 2 unspecified atom stereocenters. The molecule has 3 nitrogen and oxygen atoms in total. The normalized spacial score (nSPS) is 25.4. The highest BCUT2D eigenvalue weighted by atomic mass is 15.2. The van der Waals surface area contributed by atoms with Crippen LogP contribution in [0.15, 0.2) is 12.1 Å². The predicted octanol–water partition coefficient (Wildman–Crippen LogP) is 3.17. The molecule has 0 aromatic carbocycles. The molecule has 1 aromatic heterocycles. The molecule has 88 valence electrons.